The Labute approximate surface area is 120 Å². The van der Waals surface area contributed by atoms with E-state index in [1.54, 1.807) is 0 Å². The third-order valence-electron chi connectivity index (χ3n) is 3.23. The summed E-state index contributed by atoms with van der Waals surface area (Å²) < 4.78 is 13.0. The number of rotatable bonds is 3. The van der Waals surface area contributed by atoms with Crippen LogP contribution in [0.1, 0.15) is 18.4 Å². The van der Waals surface area contributed by atoms with E-state index in [1.807, 2.05) is 0 Å². The molecule has 1 saturated heterocycles. The van der Waals surface area contributed by atoms with Gasteiger partial charge in [-0.15, -0.1) is 0 Å². The molecule has 2 N–H and O–H groups in total. The summed E-state index contributed by atoms with van der Waals surface area (Å²) >= 11 is 5.65. The Bertz CT molecular complexity index is 538. The molecule has 1 aromatic carbocycles. The predicted octanol–water partition coefficient (Wildman–Crippen LogP) is 2.24. The molecule has 1 atom stereocenters. The van der Waals surface area contributed by atoms with Crippen LogP contribution >= 0.6 is 11.6 Å². The van der Waals surface area contributed by atoms with Crippen molar-refractivity contribution >= 4 is 23.6 Å². The zero-order valence-corrected chi connectivity index (χ0v) is 11.4. The van der Waals surface area contributed by atoms with Crippen molar-refractivity contribution in [3.05, 3.63) is 34.6 Å². The highest BCUT2D eigenvalue weighted by atomic mass is 35.5. The minimum Gasteiger partial charge on any atom is -0.480 e. The number of carboxylic acids is 1. The smallest absolute Gasteiger partial charge is 0.326 e. The van der Waals surface area contributed by atoms with Crippen molar-refractivity contribution in [2.24, 2.45) is 0 Å². The first kappa shape index (κ1) is 14.6. The van der Waals surface area contributed by atoms with Gasteiger partial charge in [0.15, 0.2) is 0 Å². The third-order valence-corrected chi connectivity index (χ3v) is 3.52. The van der Waals surface area contributed by atoms with Crippen molar-refractivity contribution < 1.29 is 19.1 Å². The van der Waals surface area contributed by atoms with Gasteiger partial charge < -0.3 is 15.3 Å². The van der Waals surface area contributed by atoms with Crippen LogP contribution in [-0.4, -0.2) is 34.6 Å². The Morgan fingerprint density at radius 2 is 2.25 bits per heavy atom. The number of urea groups is 1. The SMILES string of the molecule is O=C(O)[C@@H]1CCCN1C(=O)NCc1ccc(F)c(Cl)c1. The van der Waals surface area contributed by atoms with Crippen molar-refractivity contribution in [1.82, 2.24) is 10.2 Å². The quantitative estimate of drug-likeness (QED) is 0.899. The largest absolute Gasteiger partial charge is 0.480 e. The second kappa shape index (κ2) is 6.09. The van der Waals surface area contributed by atoms with E-state index in [4.69, 9.17) is 16.7 Å². The van der Waals surface area contributed by atoms with Crippen molar-refractivity contribution in [2.45, 2.75) is 25.4 Å². The van der Waals surface area contributed by atoms with Gasteiger partial charge in [0.05, 0.1) is 5.02 Å². The Balaban J connectivity index is 1.94. The Morgan fingerprint density at radius 3 is 2.90 bits per heavy atom. The van der Waals surface area contributed by atoms with Gasteiger partial charge in [0.1, 0.15) is 11.9 Å². The fourth-order valence-electron chi connectivity index (χ4n) is 2.20. The number of carbonyl (C=O) groups excluding carboxylic acids is 1. The number of nitrogens with zero attached hydrogens (tertiary/aromatic N) is 1. The van der Waals surface area contributed by atoms with Gasteiger partial charge in [-0.25, -0.2) is 14.0 Å². The summed E-state index contributed by atoms with van der Waals surface area (Å²) in [7, 11) is 0. The summed E-state index contributed by atoms with van der Waals surface area (Å²) in [4.78, 5) is 24.2. The van der Waals surface area contributed by atoms with Gasteiger partial charge in [0.25, 0.3) is 0 Å². The molecule has 2 rings (SSSR count). The second-order valence-corrected chi connectivity index (χ2v) is 5.00. The highest BCUT2D eigenvalue weighted by Crippen LogP contribution is 2.18. The molecule has 0 radical (unpaired) electrons. The molecule has 5 nitrogen and oxygen atoms in total. The maximum atomic E-state index is 13.0. The number of halogens is 2. The van der Waals surface area contributed by atoms with Gasteiger partial charge in [-0.3, -0.25) is 0 Å². The standard InChI is InChI=1S/C13H14ClFN2O3/c14-9-6-8(3-4-10(9)15)7-16-13(20)17-5-1-2-11(17)12(18)19/h3-4,6,11H,1-2,5,7H2,(H,16,20)(H,18,19)/t11-/m0/s1. The van der Waals surface area contributed by atoms with Gasteiger partial charge in [0, 0.05) is 13.1 Å². The van der Waals surface area contributed by atoms with Crippen LogP contribution in [0.15, 0.2) is 18.2 Å². The van der Waals surface area contributed by atoms with E-state index >= 15 is 0 Å². The number of carboxylic acid groups (broad SMARTS) is 1. The summed E-state index contributed by atoms with van der Waals surface area (Å²) in [5, 5.41) is 11.6. The van der Waals surface area contributed by atoms with E-state index < -0.39 is 23.9 Å². The summed E-state index contributed by atoms with van der Waals surface area (Å²) in [5.41, 5.74) is 0.649. The summed E-state index contributed by atoms with van der Waals surface area (Å²) in [6, 6.07) is 2.96. The van der Waals surface area contributed by atoms with E-state index in [0.717, 1.165) is 0 Å². The number of nitrogens with one attached hydrogen (secondary N) is 1. The number of benzene rings is 1. The first-order valence-corrected chi connectivity index (χ1v) is 6.58. The van der Waals surface area contributed by atoms with Gasteiger partial charge in [0.2, 0.25) is 0 Å². The lowest BCUT2D eigenvalue weighted by Crippen LogP contribution is -2.45. The number of amides is 2. The number of hydrogen-bond acceptors (Lipinski definition) is 2. The maximum absolute atomic E-state index is 13.0. The van der Waals surface area contributed by atoms with Crippen LogP contribution in [0.5, 0.6) is 0 Å². The van der Waals surface area contributed by atoms with Crippen molar-refractivity contribution in [1.29, 1.82) is 0 Å². The molecule has 1 heterocycles. The molecule has 108 valence electrons. The summed E-state index contributed by atoms with van der Waals surface area (Å²) in [6.07, 6.45) is 1.14. The monoisotopic (exact) mass is 300 g/mol. The van der Waals surface area contributed by atoms with E-state index in [9.17, 15) is 14.0 Å². The topological polar surface area (TPSA) is 69.6 Å². The maximum Gasteiger partial charge on any atom is 0.326 e. The molecule has 0 aromatic heterocycles. The van der Waals surface area contributed by atoms with Crippen LogP contribution in [0.4, 0.5) is 9.18 Å². The molecule has 1 fully saturated rings. The average molecular weight is 301 g/mol. The molecule has 0 bridgehead atoms. The normalized spacial score (nSPS) is 18.1. The molecule has 1 aromatic rings. The molecule has 20 heavy (non-hydrogen) atoms. The Kier molecular flexibility index (Phi) is 4.44. The lowest BCUT2D eigenvalue weighted by Gasteiger charge is -2.21. The zero-order chi connectivity index (χ0) is 14.7. The molecular weight excluding hydrogens is 287 g/mol. The highest BCUT2D eigenvalue weighted by molar-refractivity contribution is 6.30. The van der Waals surface area contributed by atoms with Gasteiger partial charge in [-0.1, -0.05) is 17.7 Å². The highest BCUT2D eigenvalue weighted by Gasteiger charge is 2.33. The zero-order valence-electron chi connectivity index (χ0n) is 10.6. The molecule has 0 unspecified atom stereocenters. The van der Waals surface area contributed by atoms with Crippen LogP contribution in [0.2, 0.25) is 5.02 Å². The minimum absolute atomic E-state index is 0.0127. The molecule has 2 amide bonds. The number of carbonyl (C=O) groups is 2. The minimum atomic E-state index is -0.998. The third kappa shape index (κ3) is 3.19. The van der Waals surface area contributed by atoms with E-state index in [0.29, 0.717) is 24.9 Å². The fourth-order valence-corrected chi connectivity index (χ4v) is 2.40. The van der Waals surface area contributed by atoms with Crippen LogP contribution in [-0.2, 0) is 11.3 Å². The van der Waals surface area contributed by atoms with Crippen molar-refractivity contribution in [3.63, 3.8) is 0 Å². The summed E-state index contributed by atoms with van der Waals surface area (Å²) in [6.45, 7) is 0.592. The van der Waals surface area contributed by atoms with Crippen LogP contribution in [0, 0.1) is 5.82 Å². The average Bonchev–Trinajstić information content (AvgIpc) is 2.89. The molecule has 1 aliphatic heterocycles. The Hall–Kier alpha value is -1.82. The van der Waals surface area contributed by atoms with Crippen molar-refractivity contribution in [2.75, 3.05) is 6.54 Å². The van der Waals surface area contributed by atoms with Gasteiger partial charge >= 0.3 is 12.0 Å². The first-order chi connectivity index (χ1) is 9.49. The molecular formula is C13H14ClFN2O3. The van der Waals surface area contributed by atoms with E-state index in [1.165, 1.54) is 23.1 Å². The van der Waals surface area contributed by atoms with Crippen LogP contribution in [0.25, 0.3) is 0 Å². The molecule has 0 spiro atoms. The van der Waals surface area contributed by atoms with Crippen molar-refractivity contribution in [3.8, 4) is 0 Å². The molecule has 0 aliphatic carbocycles. The number of likely N-dealkylation sites (tertiary alicyclic amines) is 1. The van der Waals surface area contributed by atoms with Gasteiger partial charge in [-0.05, 0) is 30.5 Å². The molecule has 0 saturated carbocycles. The fraction of sp³-hybridized carbons (Fsp3) is 0.385. The van der Waals surface area contributed by atoms with Crippen LogP contribution in [0.3, 0.4) is 0 Å². The Morgan fingerprint density at radius 1 is 1.50 bits per heavy atom. The van der Waals surface area contributed by atoms with Gasteiger partial charge in [-0.2, -0.15) is 0 Å². The lowest BCUT2D eigenvalue weighted by atomic mass is 10.2. The lowest BCUT2D eigenvalue weighted by molar-refractivity contribution is -0.141. The van der Waals surface area contributed by atoms with Crippen LogP contribution < -0.4 is 5.32 Å². The second-order valence-electron chi connectivity index (χ2n) is 4.60. The van der Waals surface area contributed by atoms with E-state index in [2.05, 4.69) is 5.32 Å². The number of aliphatic carboxylic acids is 1. The molecule has 1 aliphatic rings. The predicted molar refractivity (Wildman–Crippen MR) is 71.0 cm³/mol. The first-order valence-electron chi connectivity index (χ1n) is 6.20. The summed E-state index contributed by atoms with van der Waals surface area (Å²) in [5.74, 6) is -1.52. The number of hydrogen-bond donors (Lipinski definition) is 2. The van der Waals surface area contributed by atoms with E-state index in [-0.39, 0.29) is 11.6 Å². The molecule has 7 heteroatoms.